The van der Waals surface area contributed by atoms with Crippen molar-refractivity contribution in [1.29, 1.82) is 0 Å². The van der Waals surface area contributed by atoms with Crippen molar-refractivity contribution < 1.29 is 43.0 Å². The van der Waals surface area contributed by atoms with Crippen LogP contribution >= 0.6 is 0 Å². The molecule has 1 aromatic rings. The van der Waals surface area contributed by atoms with Crippen LogP contribution in [-0.2, 0) is 19.3 Å². The number of hydrogen-bond acceptors (Lipinski definition) is 7. The van der Waals surface area contributed by atoms with E-state index in [2.05, 4.69) is 14.7 Å². The molecule has 10 heteroatoms. The highest BCUT2D eigenvalue weighted by Crippen LogP contribution is 2.26. The molecule has 1 unspecified atom stereocenters. The molecule has 1 atom stereocenters. The van der Waals surface area contributed by atoms with Gasteiger partial charge in [0.2, 0.25) is 0 Å². The summed E-state index contributed by atoms with van der Waals surface area (Å²) in [4.78, 5) is 10.8. The van der Waals surface area contributed by atoms with Crippen molar-refractivity contribution in [2.24, 2.45) is 5.73 Å². The minimum absolute atomic E-state index is 0.0537. The molecule has 9 nitrogen and oxygen atoms in total. The zero-order valence-electron chi connectivity index (χ0n) is 15.6. The fraction of sp³-hybridized carbons (Fsp3) is 0.364. The Balaban J connectivity index is 3.46. The van der Waals surface area contributed by atoms with Gasteiger partial charge in [-0.25, -0.2) is 8.98 Å². The second-order valence-corrected chi connectivity index (χ2v) is 4.24. The molecule has 0 saturated carbocycles. The van der Waals surface area contributed by atoms with Crippen LogP contribution in [0.4, 0.5) is 4.79 Å². The van der Waals surface area contributed by atoms with E-state index in [1.807, 2.05) is 0 Å². The molecule has 0 bridgehead atoms. The Morgan fingerprint density at radius 3 is 2.57 bits per heavy atom. The van der Waals surface area contributed by atoms with Gasteiger partial charge in [0.05, 0.1) is 14.0 Å². The maximum atomic E-state index is 11.0. The highest BCUT2D eigenvalue weighted by molar-refractivity contribution is 7.80. The van der Waals surface area contributed by atoms with Gasteiger partial charge in [-0.05, 0) is 12.1 Å². The van der Waals surface area contributed by atoms with Gasteiger partial charge in [0.25, 0.3) is 0 Å². The van der Waals surface area contributed by atoms with Crippen molar-refractivity contribution in [2.75, 3.05) is 20.2 Å². The molecule has 0 fully saturated rings. The Kier molecular flexibility index (Phi) is 3.89. The number of amides is 1. The first-order chi connectivity index (χ1) is 11.7. The summed E-state index contributed by atoms with van der Waals surface area (Å²) < 4.78 is 86.9. The summed E-state index contributed by atoms with van der Waals surface area (Å²) in [5.74, 6) is -0.424. The molecule has 0 aliphatic carbocycles. The van der Waals surface area contributed by atoms with Gasteiger partial charge >= 0.3 is 16.5 Å². The molecule has 1 aromatic carbocycles. The zero-order valence-corrected chi connectivity index (χ0v) is 11.4. The van der Waals surface area contributed by atoms with Gasteiger partial charge in [0.15, 0.2) is 11.5 Å². The van der Waals surface area contributed by atoms with E-state index in [0.717, 1.165) is 6.07 Å². The number of carbonyl (C=O) groups is 1. The molecule has 0 radical (unpaired) electrons. The van der Waals surface area contributed by atoms with Crippen molar-refractivity contribution in [1.82, 2.24) is 0 Å². The third-order valence-electron chi connectivity index (χ3n) is 1.76. The molecule has 0 aliphatic rings. The van der Waals surface area contributed by atoms with E-state index in [1.165, 1.54) is 25.3 Å². The van der Waals surface area contributed by atoms with E-state index >= 15 is 0 Å². The van der Waals surface area contributed by atoms with Gasteiger partial charge in [-0.2, -0.15) is 8.42 Å². The zero-order chi connectivity index (χ0) is 20.4. The number of carbonyl (C=O) groups excluding carboxylic acids is 1. The predicted molar refractivity (Wildman–Crippen MR) is 70.4 cm³/mol. The number of methoxy groups -OCH3 is 1. The lowest BCUT2D eigenvalue weighted by atomic mass is 10.3. The second kappa shape index (κ2) is 7.67. The van der Waals surface area contributed by atoms with Crippen molar-refractivity contribution in [2.45, 2.75) is 6.08 Å². The normalized spacial score (nSPS) is 18.9. The predicted octanol–water partition coefficient (Wildman–Crippen LogP) is 0.357. The van der Waals surface area contributed by atoms with Crippen LogP contribution in [0, 0.1) is 0 Å². The second-order valence-electron chi connectivity index (χ2n) is 3.22. The summed E-state index contributed by atoms with van der Waals surface area (Å²) >= 11 is 0. The largest absolute Gasteiger partial charge is 0.493 e. The molecule has 0 aliphatic heterocycles. The number of para-hydroxylation sites is 2. The van der Waals surface area contributed by atoms with Gasteiger partial charge in [-0.3, -0.25) is 4.55 Å². The van der Waals surface area contributed by atoms with Gasteiger partial charge < -0.3 is 19.9 Å². The van der Waals surface area contributed by atoms with Crippen molar-refractivity contribution in [3.63, 3.8) is 0 Å². The number of rotatable bonds is 8. The lowest BCUT2D eigenvalue weighted by Crippen LogP contribution is -2.32. The van der Waals surface area contributed by atoms with E-state index in [-0.39, 0.29) is 11.5 Å². The van der Waals surface area contributed by atoms with Gasteiger partial charge in [0, 0.05) is 0 Å². The average Bonchev–Trinajstić information content (AvgIpc) is 2.43. The Morgan fingerprint density at radius 1 is 1.43 bits per heavy atom. The van der Waals surface area contributed by atoms with Crippen molar-refractivity contribution in [3.8, 4) is 11.5 Å². The lowest BCUT2D eigenvalue weighted by Gasteiger charge is -2.17. The molecule has 1 rings (SSSR count). The molecule has 0 saturated heterocycles. The smallest absolute Gasteiger partial charge is 0.404 e. The Bertz CT molecular complexity index is 774. The number of ether oxygens (including phenoxy) is 3. The lowest BCUT2D eigenvalue weighted by molar-refractivity contribution is 0.0528. The van der Waals surface area contributed by atoms with Gasteiger partial charge in [0.1, 0.15) is 19.2 Å². The van der Waals surface area contributed by atoms with E-state index in [0.29, 0.717) is 0 Å². The standard InChI is InChI=1S/C11H15NO8S/c1-17-9-4-2-3-5-10(9)18-6-8(7-19-11(12)13)20-21(14,15)16/h2-5,8H,6-7H2,1H3,(H2,12,13)(H,14,15,16)/i6D2,7D2,8D. The highest BCUT2D eigenvalue weighted by Gasteiger charge is 2.20. The van der Waals surface area contributed by atoms with Gasteiger partial charge in [-0.1, -0.05) is 12.1 Å². The quantitative estimate of drug-likeness (QED) is 0.654. The summed E-state index contributed by atoms with van der Waals surface area (Å²) in [6, 6.07) is 5.35. The van der Waals surface area contributed by atoms with Crippen LogP contribution in [-0.4, -0.2) is 45.4 Å². The van der Waals surface area contributed by atoms with Crippen molar-refractivity contribution in [3.05, 3.63) is 24.3 Å². The minimum Gasteiger partial charge on any atom is -0.493 e. The first-order valence-electron chi connectivity index (χ1n) is 7.64. The number of benzene rings is 1. The maximum Gasteiger partial charge on any atom is 0.404 e. The number of primary amides is 1. The summed E-state index contributed by atoms with van der Waals surface area (Å²) in [6.45, 7) is -7.48. The number of hydrogen-bond donors (Lipinski definition) is 2. The Hall–Kier alpha value is -2.04. The molecule has 0 spiro atoms. The van der Waals surface area contributed by atoms with Crippen LogP contribution in [0.2, 0.25) is 0 Å². The maximum absolute atomic E-state index is 11.0. The highest BCUT2D eigenvalue weighted by atomic mass is 32.3. The molecule has 3 N–H and O–H groups in total. The minimum atomic E-state index is -5.60. The van der Waals surface area contributed by atoms with Crippen LogP contribution in [0.3, 0.4) is 0 Å². The fourth-order valence-electron chi connectivity index (χ4n) is 1.06. The molecular weight excluding hydrogens is 306 g/mol. The molecule has 21 heavy (non-hydrogen) atoms. The van der Waals surface area contributed by atoms with E-state index < -0.39 is 35.7 Å². The monoisotopic (exact) mass is 326 g/mol. The first-order valence-corrected chi connectivity index (χ1v) is 6.50. The summed E-state index contributed by atoms with van der Waals surface area (Å²) in [5.41, 5.74) is 4.65. The van der Waals surface area contributed by atoms with E-state index in [9.17, 15) is 13.2 Å². The van der Waals surface area contributed by atoms with Crippen LogP contribution in [0.1, 0.15) is 6.85 Å². The molecule has 0 heterocycles. The van der Waals surface area contributed by atoms with Gasteiger partial charge in [-0.15, -0.1) is 0 Å². The topological polar surface area (TPSA) is 134 Å². The van der Waals surface area contributed by atoms with E-state index in [1.54, 1.807) is 0 Å². The van der Waals surface area contributed by atoms with Crippen LogP contribution in [0.5, 0.6) is 11.5 Å². The summed E-state index contributed by atoms with van der Waals surface area (Å²) in [7, 11) is -4.40. The summed E-state index contributed by atoms with van der Waals surface area (Å²) in [5, 5.41) is 0. The SMILES string of the molecule is [2H]C([2H])(OC(N)=O)C([2H])(OS(=O)(=O)O)C([2H])([2H])Oc1ccccc1OC. The van der Waals surface area contributed by atoms with Crippen LogP contribution < -0.4 is 15.2 Å². The molecule has 118 valence electrons. The van der Waals surface area contributed by atoms with E-state index in [4.69, 9.17) is 20.9 Å². The molecular formula is C11H15NO8S. The third kappa shape index (κ3) is 6.79. The Labute approximate surface area is 128 Å². The first kappa shape index (κ1) is 10.7. The molecule has 1 amide bonds. The van der Waals surface area contributed by atoms with Crippen molar-refractivity contribution >= 4 is 16.5 Å². The molecule has 0 aromatic heterocycles. The summed E-state index contributed by atoms with van der Waals surface area (Å²) in [6.07, 6.45) is -5.78. The van der Waals surface area contributed by atoms with Crippen LogP contribution in [0.25, 0.3) is 0 Å². The average molecular weight is 326 g/mol. The Morgan fingerprint density at radius 2 is 2.05 bits per heavy atom. The number of nitrogens with two attached hydrogens (primary N) is 1. The van der Waals surface area contributed by atoms with Crippen LogP contribution in [0.15, 0.2) is 24.3 Å². The third-order valence-corrected chi connectivity index (χ3v) is 2.13. The fourth-order valence-corrected chi connectivity index (χ4v) is 1.34.